The first kappa shape index (κ1) is 23.3. The van der Waals surface area contributed by atoms with Gasteiger partial charge < -0.3 is 8.83 Å². The Balaban J connectivity index is 1.34. The predicted octanol–water partition coefficient (Wildman–Crippen LogP) is 8.05. The van der Waals surface area contributed by atoms with Crippen LogP contribution in [0.4, 0.5) is 0 Å². The van der Waals surface area contributed by atoms with Crippen LogP contribution in [0, 0.1) is 0 Å². The standard InChI is InChI=1S/C36H19N5O3/c42-34-24-18-23-21-12-4-7-15-26(21)40(28(23)19-30(24)44-36-37-25-14-6-8-16-27(25)41(34)36)35-38-32(20-10-2-1-3-11-20)31-22-13-5-9-17-29(22)43-33(31)39-35/h1-19H. The molecule has 0 saturated carbocycles. The molecule has 206 valence electrons. The zero-order valence-electron chi connectivity index (χ0n) is 22.9. The van der Waals surface area contributed by atoms with Gasteiger partial charge in [0.1, 0.15) is 11.2 Å². The Morgan fingerprint density at radius 1 is 0.568 bits per heavy atom. The monoisotopic (exact) mass is 569 g/mol. The molecular formula is C36H19N5O3. The van der Waals surface area contributed by atoms with E-state index in [-0.39, 0.29) is 11.4 Å². The number of hydrogen-bond acceptors (Lipinski definition) is 6. The van der Waals surface area contributed by atoms with Crippen molar-refractivity contribution >= 4 is 71.7 Å². The highest BCUT2D eigenvalue weighted by Gasteiger charge is 2.22. The Bertz CT molecular complexity index is 2860. The number of para-hydroxylation sites is 4. The number of benzene rings is 5. The first-order valence-corrected chi connectivity index (χ1v) is 14.3. The molecule has 5 heterocycles. The lowest BCUT2D eigenvalue weighted by Crippen LogP contribution is -2.12. The summed E-state index contributed by atoms with van der Waals surface area (Å²) in [5, 5.41) is 4.14. The third kappa shape index (κ3) is 3.06. The maximum absolute atomic E-state index is 13.9. The normalized spacial score (nSPS) is 12.2. The second-order valence-electron chi connectivity index (χ2n) is 10.9. The molecule has 0 aliphatic heterocycles. The molecular weight excluding hydrogens is 550 g/mol. The van der Waals surface area contributed by atoms with E-state index in [9.17, 15) is 4.79 Å². The van der Waals surface area contributed by atoms with Crippen molar-refractivity contribution in [1.82, 2.24) is 23.9 Å². The van der Waals surface area contributed by atoms with Crippen molar-refractivity contribution in [3.8, 4) is 17.2 Å². The van der Waals surface area contributed by atoms with E-state index in [0.29, 0.717) is 33.7 Å². The topological polar surface area (TPSA) is 91.4 Å². The molecule has 10 aromatic rings. The van der Waals surface area contributed by atoms with Crippen molar-refractivity contribution in [3.05, 3.63) is 126 Å². The van der Waals surface area contributed by atoms with Crippen molar-refractivity contribution < 1.29 is 8.83 Å². The molecule has 0 fully saturated rings. The maximum atomic E-state index is 13.9. The Hall–Kier alpha value is -6.28. The van der Waals surface area contributed by atoms with Crippen molar-refractivity contribution in [1.29, 1.82) is 0 Å². The molecule has 0 aliphatic rings. The lowest BCUT2D eigenvalue weighted by atomic mass is 10.1. The largest absolute Gasteiger partial charge is 0.437 e. The Kier molecular flexibility index (Phi) is 4.44. The summed E-state index contributed by atoms with van der Waals surface area (Å²) in [6.07, 6.45) is 0. The van der Waals surface area contributed by atoms with Gasteiger partial charge in [0.2, 0.25) is 11.7 Å². The van der Waals surface area contributed by atoms with Crippen molar-refractivity contribution in [2.24, 2.45) is 0 Å². The quantitative estimate of drug-likeness (QED) is 0.209. The van der Waals surface area contributed by atoms with Crippen LogP contribution < -0.4 is 5.56 Å². The molecule has 0 amide bonds. The van der Waals surface area contributed by atoms with Crippen LogP contribution in [-0.4, -0.2) is 23.9 Å². The van der Waals surface area contributed by atoms with Crippen LogP contribution >= 0.6 is 0 Å². The number of aromatic nitrogens is 5. The van der Waals surface area contributed by atoms with E-state index in [2.05, 4.69) is 4.98 Å². The molecule has 0 saturated heterocycles. The summed E-state index contributed by atoms with van der Waals surface area (Å²) in [6, 6.07) is 37.4. The molecule has 0 radical (unpaired) electrons. The highest BCUT2D eigenvalue weighted by Crippen LogP contribution is 2.38. The van der Waals surface area contributed by atoms with E-state index in [1.807, 2.05) is 120 Å². The minimum Gasteiger partial charge on any atom is -0.437 e. The number of rotatable bonds is 2. The highest BCUT2D eigenvalue weighted by molar-refractivity contribution is 6.14. The zero-order valence-corrected chi connectivity index (χ0v) is 22.9. The summed E-state index contributed by atoms with van der Waals surface area (Å²) in [6.45, 7) is 0. The van der Waals surface area contributed by atoms with E-state index in [4.69, 9.17) is 18.8 Å². The van der Waals surface area contributed by atoms with Gasteiger partial charge in [0, 0.05) is 27.8 Å². The van der Waals surface area contributed by atoms with Crippen LogP contribution in [0.1, 0.15) is 0 Å². The van der Waals surface area contributed by atoms with E-state index < -0.39 is 0 Å². The molecule has 0 aliphatic carbocycles. The van der Waals surface area contributed by atoms with Crippen LogP contribution in [-0.2, 0) is 0 Å². The van der Waals surface area contributed by atoms with E-state index in [0.717, 1.165) is 49.4 Å². The van der Waals surface area contributed by atoms with Gasteiger partial charge in [-0.05, 0) is 30.3 Å². The summed E-state index contributed by atoms with van der Waals surface area (Å²) in [4.78, 5) is 28.6. The van der Waals surface area contributed by atoms with E-state index >= 15 is 0 Å². The number of imidazole rings is 1. The Morgan fingerprint density at radius 3 is 2.20 bits per heavy atom. The van der Waals surface area contributed by atoms with Gasteiger partial charge in [-0.25, -0.2) is 9.38 Å². The predicted molar refractivity (Wildman–Crippen MR) is 171 cm³/mol. The Labute approximate surface area is 247 Å². The fraction of sp³-hybridized carbons (Fsp3) is 0. The number of hydrogen-bond donors (Lipinski definition) is 0. The van der Waals surface area contributed by atoms with Crippen LogP contribution in [0.3, 0.4) is 0 Å². The van der Waals surface area contributed by atoms with E-state index in [1.165, 1.54) is 4.40 Å². The SMILES string of the molecule is O=c1c2cc3c4ccccc4n(-c4nc(-c5ccccc5)c5c(n4)oc4ccccc45)c3cc2oc2nc3ccccc3n12. The molecule has 5 aromatic carbocycles. The molecule has 8 nitrogen and oxygen atoms in total. The molecule has 0 unspecified atom stereocenters. The van der Waals surface area contributed by atoms with Gasteiger partial charge >= 0.3 is 5.84 Å². The first-order chi connectivity index (χ1) is 21.7. The molecule has 8 heteroatoms. The Morgan fingerprint density at radius 2 is 1.32 bits per heavy atom. The van der Waals surface area contributed by atoms with Gasteiger partial charge in [-0.2, -0.15) is 9.97 Å². The van der Waals surface area contributed by atoms with Gasteiger partial charge in [0.05, 0.1) is 38.5 Å². The summed E-state index contributed by atoms with van der Waals surface area (Å²) < 4.78 is 16.1. The zero-order chi connectivity index (χ0) is 28.9. The lowest BCUT2D eigenvalue weighted by Gasteiger charge is -2.09. The van der Waals surface area contributed by atoms with Crippen LogP contribution in [0.25, 0.3) is 88.9 Å². The average Bonchev–Trinajstić information content (AvgIpc) is 3.73. The second kappa shape index (κ2) is 8.39. The number of furan rings is 1. The molecule has 44 heavy (non-hydrogen) atoms. The van der Waals surface area contributed by atoms with Crippen LogP contribution in [0.5, 0.6) is 0 Å². The molecule has 0 N–H and O–H groups in total. The minimum absolute atomic E-state index is 0.181. The number of fused-ring (bicyclic) bond motifs is 10. The fourth-order valence-corrected chi connectivity index (χ4v) is 6.47. The first-order valence-electron chi connectivity index (χ1n) is 14.3. The summed E-state index contributed by atoms with van der Waals surface area (Å²) >= 11 is 0. The molecule has 0 spiro atoms. The maximum Gasteiger partial charge on any atom is 0.310 e. The number of nitrogens with zero attached hydrogens (tertiary/aromatic N) is 5. The van der Waals surface area contributed by atoms with E-state index in [1.54, 1.807) is 0 Å². The minimum atomic E-state index is -0.181. The molecule has 5 aromatic heterocycles. The van der Waals surface area contributed by atoms with Gasteiger partial charge in [-0.15, -0.1) is 0 Å². The highest BCUT2D eigenvalue weighted by atomic mass is 16.4. The van der Waals surface area contributed by atoms with Crippen molar-refractivity contribution in [2.45, 2.75) is 0 Å². The van der Waals surface area contributed by atoms with Crippen LogP contribution in [0.15, 0.2) is 129 Å². The molecule has 0 bridgehead atoms. The van der Waals surface area contributed by atoms with Gasteiger partial charge in [-0.1, -0.05) is 78.9 Å². The van der Waals surface area contributed by atoms with Crippen molar-refractivity contribution in [3.63, 3.8) is 0 Å². The molecule has 10 rings (SSSR count). The van der Waals surface area contributed by atoms with Crippen LogP contribution in [0.2, 0.25) is 0 Å². The van der Waals surface area contributed by atoms with Crippen molar-refractivity contribution in [2.75, 3.05) is 0 Å². The summed E-state index contributed by atoms with van der Waals surface area (Å²) in [5.74, 6) is 0.702. The average molecular weight is 570 g/mol. The van der Waals surface area contributed by atoms with Gasteiger partial charge in [0.15, 0.2) is 0 Å². The fourth-order valence-electron chi connectivity index (χ4n) is 6.47. The molecule has 0 atom stereocenters. The summed E-state index contributed by atoms with van der Waals surface area (Å²) in [7, 11) is 0. The third-order valence-corrected chi connectivity index (χ3v) is 8.41. The second-order valence-corrected chi connectivity index (χ2v) is 10.9. The van der Waals surface area contributed by atoms with Gasteiger partial charge in [-0.3, -0.25) is 9.36 Å². The smallest absolute Gasteiger partial charge is 0.310 e. The van der Waals surface area contributed by atoms with Gasteiger partial charge in [0.25, 0.3) is 5.56 Å². The third-order valence-electron chi connectivity index (χ3n) is 8.41. The summed E-state index contributed by atoms with van der Waals surface area (Å²) in [5.41, 5.74) is 6.34. The lowest BCUT2D eigenvalue weighted by molar-refractivity contribution is 0.617.